The molecule has 132 valence electrons. The van der Waals surface area contributed by atoms with Gasteiger partial charge in [0.25, 0.3) is 5.91 Å². The number of hydrogen-bond donors (Lipinski definition) is 2. The number of hydrogen-bond acceptors (Lipinski definition) is 3. The zero-order chi connectivity index (χ0) is 17.8. The number of carbonyl (C=O) groups is 1. The molecule has 1 atom stereocenters. The summed E-state index contributed by atoms with van der Waals surface area (Å²) < 4.78 is 29.2. The van der Waals surface area contributed by atoms with Gasteiger partial charge in [0.05, 0.1) is 6.04 Å². The van der Waals surface area contributed by atoms with E-state index in [4.69, 9.17) is 5.73 Å². The molecule has 0 aliphatic heterocycles. The maximum absolute atomic E-state index is 12.5. The lowest BCUT2D eigenvalue weighted by atomic mass is 9.87. The van der Waals surface area contributed by atoms with E-state index in [-0.39, 0.29) is 17.7 Å². The third kappa shape index (κ3) is 4.14. The van der Waals surface area contributed by atoms with E-state index in [1.54, 1.807) is 24.3 Å². The molecule has 4 nitrogen and oxygen atoms in total. The first-order valence-electron chi connectivity index (χ1n) is 8.24. The summed E-state index contributed by atoms with van der Waals surface area (Å²) in [6.45, 7) is -2.41. The van der Waals surface area contributed by atoms with Gasteiger partial charge in [-0.2, -0.15) is 8.78 Å². The highest BCUT2D eigenvalue weighted by Crippen LogP contribution is 2.32. The van der Waals surface area contributed by atoms with E-state index in [2.05, 4.69) is 10.1 Å². The summed E-state index contributed by atoms with van der Waals surface area (Å²) in [6, 6.07) is 11.9. The van der Waals surface area contributed by atoms with E-state index in [1.807, 2.05) is 12.1 Å². The van der Waals surface area contributed by atoms with Gasteiger partial charge in [0, 0.05) is 12.1 Å². The number of nitrogens with one attached hydrogen (secondary N) is 1. The largest absolute Gasteiger partial charge is 0.435 e. The molecule has 0 spiro atoms. The van der Waals surface area contributed by atoms with E-state index in [1.165, 1.54) is 6.07 Å². The predicted octanol–water partition coefficient (Wildman–Crippen LogP) is 3.55. The number of aryl methyl sites for hydroxylation is 1. The molecule has 0 radical (unpaired) electrons. The molecule has 1 aliphatic rings. The summed E-state index contributed by atoms with van der Waals surface area (Å²) in [4.78, 5) is 12.5. The van der Waals surface area contributed by atoms with Crippen LogP contribution in [0.25, 0.3) is 0 Å². The number of ether oxygens (including phenoxy) is 1. The fourth-order valence-electron chi connectivity index (χ4n) is 3.15. The van der Waals surface area contributed by atoms with Crippen LogP contribution in [0.5, 0.6) is 5.75 Å². The smallest absolute Gasteiger partial charge is 0.387 e. The van der Waals surface area contributed by atoms with Crippen molar-refractivity contribution < 1.29 is 18.3 Å². The highest BCUT2D eigenvalue weighted by atomic mass is 19.3. The summed E-state index contributed by atoms with van der Waals surface area (Å²) >= 11 is 0. The summed E-state index contributed by atoms with van der Waals surface area (Å²) in [7, 11) is 0. The zero-order valence-electron chi connectivity index (χ0n) is 13.7. The number of benzene rings is 2. The van der Waals surface area contributed by atoms with Crippen molar-refractivity contribution in [2.24, 2.45) is 5.73 Å². The molecule has 6 heteroatoms. The minimum absolute atomic E-state index is 0.133. The van der Waals surface area contributed by atoms with Crippen molar-refractivity contribution in [3.05, 3.63) is 64.7 Å². The number of halogens is 2. The molecule has 0 saturated heterocycles. The molecule has 0 saturated carbocycles. The fourth-order valence-corrected chi connectivity index (χ4v) is 3.15. The third-order valence-corrected chi connectivity index (χ3v) is 4.41. The molecule has 25 heavy (non-hydrogen) atoms. The van der Waals surface area contributed by atoms with Crippen LogP contribution in [0, 0.1) is 0 Å². The van der Waals surface area contributed by atoms with E-state index in [0.717, 1.165) is 36.0 Å². The monoisotopic (exact) mass is 346 g/mol. The molecule has 1 aliphatic carbocycles. The second-order valence-corrected chi connectivity index (χ2v) is 6.06. The van der Waals surface area contributed by atoms with Crippen LogP contribution in [0.15, 0.2) is 42.5 Å². The van der Waals surface area contributed by atoms with Crippen molar-refractivity contribution in [3.8, 4) is 5.75 Å². The predicted molar refractivity (Wildman–Crippen MR) is 90.6 cm³/mol. The highest BCUT2D eigenvalue weighted by Gasteiger charge is 2.23. The first-order valence-corrected chi connectivity index (χ1v) is 8.24. The minimum atomic E-state index is -2.84. The van der Waals surface area contributed by atoms with Crippen molar-refractivity contribution in [1.82, 2.24) is 5.32 Å². The van der Waals surface area contributed by atoms with Gasteiger partial charge < -0.3 is 15.8 Å². The normalized spacial score (nSPS) is 16.4. The van der Waals surface area contributed by atoms with Crippen LogP contribution in [0.2, 0.25) is 0 Å². The Morgan fingerprint density at radius 1 is 1.24 bits per heavy atom. The maximum atomic E-state index is 12.5. The average molecular weight is 346 g/mol. The van der Waals surface area contributed by atoms with Gasteiger partial charge in [-0.05, 0) is 60.2 Å². The zero-order valence-corrected chi connectivity index (χ0v) is 13.7. The van der Waals surface area contributed by atoms with Gasteiger partial charge in [0.1, 0.15) is 5.75 Å². The van der Waals surface area contributed by atoms with E-state index < -0.39 is 6.61 Å². The Kier molecular flexibility index (Phi) is 5.28. The van der Waals surface area contributed by atoms with E-state index in [0.29, 0.717) is 12.1 Å². The molecule has 2 aromatic carbocycles. The Balaban J connectivity index is 1.74. The lowest BCUT2D eigenvalue weighted by molar-refractivity contribution is -0.0499. The van der Waals surface area contributed by atoms with Crippen LogP contribution in [0.4, 0.5) is 8.78 Å². The number of fused-ring (bicyclic) bond motifs is 1. The first kappa shape index (κ1) is 17.4. The molecule has 3 N–H and O–H groups in total. The van der Waals surface area contributed by atoms with E-state index >= 15 is 0 Å². The quantitative estimate of drug-likeness (QED) is 0.870. The third-order valence-electron chi connectivity index (χ3n) is 4.41. The summed E-state index contributed by atoms with van der Waals surface area (Å²) in [6.07, 6.45) is 2.48. The van der Waals surface area contributed by atoms with Gasteiger partial charge in [-0.25, -0.2) is 0 Å². The first-order chi connectivity index (χ1) is 12.1. The molecule has 2 aromatic rings. The molecular weight excluding hydrogens is 326 g/mol. The van der Waals surface area contributed by atoms with Crippen molar-refractivity contribution in [2.75, 3.05) is 0 Å². The second kappa shape index (κ2) is 7.61. The summed E-state index contributed by atoms with van der Waals surface area (Å²) in [5.41, 5.74) is 8.99. The van der Waals surface area contributed by atoms with Crippen LogP contribution in [-0.4, -0.2) is 12.5 Å². The molecule has 0 bridgehead atoms. The molecule has 1 unspecified atom stereocenters. The van der Waals surface area contributed by atoms with Crippen LogP contribution >= 0.6 is 0 Å². The van der Waals surface area contributed by atoms with Crippen LogP contribution in [0.3, 0.4) is 0 Å². The van der Waals surface area contributed by atoms with Crippen molar-refractivity contribution in [1.29, 1.82) is 0 Å². The molecule has 3 rings (SSSR count). The Bertz CT molecular complexity index is 748. The Hall–Kier alpha value is -2.47. The van der Waals surface area contributed by atoms with Crippen LogP contribution < -0.4 is 15.8 Å². The number of nitrogens with two attached hydrogens (primary N) is 1. The van der Waals surface area contributed by atoms with Crippen molar-refractivity contribution in [3.63, 3.8) is 0 Å². The summed E-state index contributed by atoms with van der Waals surface area (Å²) in [5.74, 6) is -0.00701. The lowest BCUT2D eigenvalue weighted by Gasteiger charge is -2.27. The van der Waals surface area contributed by atoms with Gasteiger partial charge >= 0.3 is 6.61 Å². The summed E-state index contributed by atoms with van der Waals surface area (Å²) in [5, 5.41) is 3.03. The van der Waals surface area contributed by atoms with Gasteiger partial charge in [-0.15, -0.1) is 0 Å². The topological polar surface area (TPSA) is 64.4 Å². The van der Waals surface area contributed by atoms with Crippen molar-refractivity contribution in [2.45, 2.75) is 38.5 Å². The molecule has 1 amide bonds. The molecule has 0 fully saturated rings. The maximum Gasteiger partial charge on any atom is 0.387 e. The SMILES string of the molecule is NCc1ccc(C(=O)NC2CCCc3cc(OC(F)F)ccc32)cc1. The fraction of sp³-hybridized carbons (Fsp3) is 0.316. The van der Waals surface area contributed by atoms with Gasteiger partial charge in [0.15, 0.2) is 0 Å². The lowest BCUT2D eigenvalue weighted by Crippen LogP contribution is -2.31. The number of rotatable bonds is 5. The van der Waals surface area contributed by atoms with E-state index in [9.17, 15) is 13.6 Å². The standard InChI is InChI=1S/C19H20F2N2O2/c20-19(21)25-15-8-9-16-14(10-15)2-1-3-17(16)23-18(24)13-6-4-12(11-22)5-7-13/h4-10,17,19H,1-3,11,22H2,(H,23,24). The Labute approximate surface area is 145 Å². The molecule has 0 heterocycles. The molecular formula is C19H20F2N2O2. The Morgan fingerprint density at radius 3 is 2.68 bits per heavy atom. The Morgan fingerprint density at radius 2 is 2.00 bits per heavy atom. The second-order valence-electron chi connectivity index (χ2n) is 6.06. The van der Waals surface area contributed by atoms with Crippen LogP contribution in [0.1, 0.15) is 45.9 Å². The van der Waals surface area contributed by atoms with Gasteiger partial charge in [-0.1, -0.05) is 18.2 Å². The van der Waals surface area contributed by atoms with Crippen LogP contribution in [-0.2, 0) is 13.0 Å². The number of carbonyl (C=O) groups excluding carboxylic acids is 1. The number of amides is 1. The van der Waals surface area contributed by atoms with Gasteiger partial charge in [0.2, 0.25) is 0 Å². The molecule has 0 aromatic heterocycles. The minimum Gasteiger partial charge on any atom is -0.435 e. The highest BCUT2D eigenvalue weighted by molar-refractivity contribution is 5.94. The van der Waals surface area contributed by atoms with Gasteiger partial charge in [-0.3, -0.25) is 4.79 Å². The van der Waals surface area contributed by atoms with Crippen molar-refractivity contribution >= 4 is 5.91 Å². The number of alkyl halides is 2. The average Bonchev–Trinajstić information content (AvgIpc) is 2.61.